The molecule has 1 aliphatic heterocycles. The molecule has 0 aromatic carbocycles. The molecule has 0 radical (unpaired) electrons. The standard InChI is InChI=1S/C11H18N2O/c14-11(13-7-4-5-12-6-7)10-8-2-1-3-9(8)10/h7-10,12H,1-6H2,(H,13,14)/t7-,8?,9?,10?/m1/s1. The van der Waals surface area contributed by atoms with Crippen molar-refractivity contribution in [2.75, 3.05) is 13.1 Å². The molecule has 78 valence electrons. The zero-order valence-corrected chi connectivity index (χ0v) is 8.46. The highest BCUT2D eigenvalue weighted by atomic mass is 16.2. The number of rotatable bonds is 2. The molecule has 2 saturated carbocycles. The highest BCUT2D eigenvalue weighted by Gasteiger charge is 2.56. The molecule has 1 amide bonds. The third-order valence-corrected chi connectivity index (χ3v) is 4.12. The van der Waals surface area contributed by atoms with Crippen molar-refractivity contribution in [3.05, 3.63) is 0 Å². The summed E-state index contributed by atoms with van der Waals surface area (Å²) in [4.78, 5) is 11.8. The Labute approximate surface area is 84.6 Å². The van der Waals surface area contributed by atoms with E-state index in [2.05, 4.69) is 10.6 Å². The Kier molecular flexibility index (Phi) is 2.01. The second-order valence-electron chi connectivity index (χ2n) is 4.98. The van der Waals surface area contributed by atoms with Gasteiger partial charge in [-0.05, 0) is 37.6 Å². The minimum absolute atomic E-state index is 0.341. The van der Waals surface area contributed by atoms with Crippen molar-refractivity contribution in [3.63, 3.8) is 0 Å². The van der Waals surface area contributed by atoms with E-state index in [1.165, 1.54) is 19.3 Å². The number of carbonyl (C=O) groups excluding carboxylic acids is 1. The van der Waals surface area contributed by atoms with Crippen LogP contribution in [-0.4, -0.2) is 25.0 Å². The third-order valence-electron chi connectivity index (χ3n) is 4.12. The van der Waals surface area contributed by atoms with Crippen LogP contribution in [0.4, 0.5) is 0 Å². The van der Waals surface area contributed by atoms with Gasteiger partial charge < -0.3 is 10.6 Å². The van der Waals surface area contributed by atoms with E-state index in [1.54, 1.807) is 0 Å². The van der Waals surface area contributed by atoms with Crippen LogP contribution in [-0.2, 0) is 4.79 Å². The highest BCUT2D eigenvalue weighted by molar-refractivity contribution is 5.82. The number of hydrogen-bond donors (Lipinski definition) is 2. The number of amides is 1. The van der Waals surface area contributed by atoms with E-state index >= 15 is 0 Å². The van der Waals surface area contributed by atoms with Gasteiger partial charge in [-0.25, -0.2) is 0 Å². The van der Waals surface area contributed by atoms with Crippen molar-refractivity contribution >= 4 is 5.91 Å². The lowest BCUT2D eigenvalue weighted by Crippen LogP contribution is -2.37. The second kappa shape index (κ2) is 3.23. The van der Waals surface area contributed by atoms with Crippen molar-refractivity contribution in [2.45, 2.75) is 31.7 Å². The molecule has 0 aromatic rings. The Morgan fingerprint density at radius 2 is 2.00 bits per heavy atom. The molecule has 0 aromatic heterocycles. The Balaban J connectivity index is 1.51. The van der Waals surface area contributed by atoms with E-state index in [1.807, 2.05) is 0 Å². The fourth-order valence-electron chi connectivity index (χ4n) is 3.29. The Morgan fingerprint density at radius 1 is 1.21 bits per heavy atom. The van der Waals surface area contributed by atoms with Gasteiger partial charge in [-0.1, -0.05) is 6.42 Å². The van der Waals surface area contributed by atoms with E-state index in [0.717, 1.165) is 31.3 Å². The van der Waals surface area contributed by atoms with Crippen LogP contribution in [0.5, 0.6) is 0 Å². The van der Waals surface area contributed by atoms with Gasteiger partial charge in [0.25, 0.3) is 0 Å². The van der Waals surface area contributed by atoms with Gasteiger partial charge in [0.2, 0.25) is 5.91 Å². The molecule has 3 nitrogen and oxygen atoms in total. The fraction of sp³-hybridized carbons (Fsp3) is 0.909. The lowest BCUT2D eigenvalue weighted by Gasteiger charge is -2.11. The average molecular weight is 194 g/mol. The van der Waals surface area contributed by atoms with Gasteiger partial charge in [-0.2, -0.15) is 0 Å². The van der Waals surface area contributed by atoms with Crippen LogP contribution in [0.15, 0.2) is 0 Å². The first-order chi connectivity index (χ1) is 6.86. The molecule has 0 spiro atoms. The number of carbonyl (C=O) groups is 1. The summed E-state index contributed by atoms with van der Waals surface area (Å²) >= 11 is 0. The van der Waals surface area contributed by atoms with Gasteiger partial charge in [0.1, 0.15) is 0 Å². The maximum absolute atomic E-state index is 11.8. The largest absolute Gasteiger partial charge is 0.352 e. The summed E-state index contributed by atoms with van der Waals surface area (Å²) in [7, 11) is 0. The van der Waals surface area contributed by atoms with Gasteiger partial charge >= 0.3 is 0 Å². The van der Waals surface area contributed by atoms with E-state index < -0.39 is 0 Å². The van der Waals surface area contributed by atoms with E-state index in [0.29, 0.717) is 17.9 Å². The third kappa shape index (κ3) is 1.34. The summed E-state index contributed by atoms with van der Waals surface area (Å²) in [5.41, 5.74) is 0. The molecule has 2 N–H and O–H groups in total. The van der Waals surface area contributed by atoms with Crippen molar-refractivity contribution in [2.24, 2.45) is 17.8 Å². The van der Waals surface area contributed by atoms with Crippen molar-refractivity contribution in [1.29, 1.82) is 0 Å². The molecular formula is C11H18N2O. The Morgan fingerprint density at radius 3 is 2.64 bits per heavy atom. The van der Waals surface area contributed by atoms with Crippen LogP contribution in [0.3, 0.4) is 0 Å². The average Bonchev–Trinajstić information content (AvgIpc) is 2.63. The zero-order chi connectivity index (χ0) is 9.54. The first kappa shape index (κ1) is 8.72. The molecule has 2 aliphatic carbocycles. The molecule has 3 aliphatic rings. The molecule has 3 heteroatoms. The highest BCUT2D eigenvalue weighted by Crippen LogP contribution is 2.57. The maximum atomic E-state index is 11.8. The summed E-state index contributed by atoms with van der Waals surface area (Å²) in [6, 6.07) is 0.406. The summed E-state index contributed by atoms with van der Waals surface area (Å²) in [5, 5.41) is 6.44. The van der Waals surface area contributed by atoms with Crippen molar-refractivity contribution in [1.82, 2.24) is 10.6 Å². The maximum Gasteiger partial charge on any atom is 0.223 e. The Bertz CT molecular complexity index is 238. The smallest absolute Gasteiger partial charge is 0.223 e. The monoisotopic (exact) mass is 194 g/mol. The number of fused-ring (bicyclic) bond motifs is 1. The molecule has 1 saturated heterocycles. The summed E-state index contributed by atoms with van der Waals surface area (Å²) < 4.78 is 0. The van der Waals surface area contributed by atoms with E-state index in [9.17, 15) is 4.79 Å². The predicted octanol–water partition coefficient (Wildman–Crippen LogP) is 0.511. The summed E-state index contributed by atoms with van der Waals surface area (Å²) in [6.07, 6.45) is 5.05. The van der Waals surface area contributed by atoms with Crippen molar-refractivity contribution in [3.8, 4) is 0 Å². The van der Waals surface area contributed by atoms with Gasteiger partial charge in [0.15, 0.2) is 0 Å². The molecular weight excluding hydrogens is 176 g/mol. The lowest BCUT2D eigenvalue weighted by molar-refractivity contribution is -0.123. The summed E-state index contributed by atoms with van der Waals surface area (Å²) in [5.74, 6) is 2.24. The first-order valence-electron chi connectivity index (χ1n) is 5.87. The van der Waals surface area contributed by atoms with E-state index in [4.69, 9.17) is 0 Å². The van der Waals surface area contributed by atoms with Gasteiger partial charge in [-0.15, -0.1) is 0 Å². The van der Waals surface area contributed by atoms with Crippen LogP contribution in [0.25, 0.3) is 0 Å². The fourth-order valence-corrected chi connectivity index (χ4v) is 3.29. The molecule has 3 atom stereocenters. The molecule has 3 rings (SSSR count). The number of nitrogens with one attached hydrogen (secondary N) is 2. The SMILES string of the molecule is O=C(N[C@@H]1CCNC1)C1C2CCCC21. The lowest BCUT2D eigenvalue weighted by atomic mass is 10.1. The molecule has 3 fully saturated rings. The molecule has 1 heterocycles. The van der Waals surface area contributed by atoms with Crippen LogP contribution in [0.1, 0.15) is 25.7 Å². The van der Waals surface area contributed by atoms with Crippen LogP contribution in [0, 0.1) is 17.8 Å². The minimum Gasteiger partial charge on any atom is -0.352 e. The van der Waals surface area contributed by atoms with Crippen molar-refractivity contribution < 1.29 is 4.79 Å². The van der Waals surface area contributed by atoms with Crippen LogP contribution < -0.4 is 10.6 Å². The quantitative estimate of drug-likeness (QED) is 0.672. The number of hydrogen-bond acceptors (Lipinski definition) is 2. The van der Waals surface area contributed by atoms with Gasteiger partial charge in [0, 0.05) is 18.5 Å². The Hall–Kier alpha value is -0.570. The van der Waals surface area contributed by atoms with Crippen LogP contribution in [0.2, 0.25) is 0 Å². The predicted molar refractivity (Wildman–Crippen MR) is 53.7 cm³/mol. The topological polar surface area (TPSA) is 41.1 Å². The first-order valence-corrected chi connectivity index (χ1v) is 5.87. The van der Waals surface area contributed by atoms with Gasteiger partial charge in [-0.3, -0.25) is 4.79 Å². The minimum atomic E-state index is 0.341. The van der Waals surface area contributed by atoms with Gasteiger partial charge in [0.05, 0.1) is 0 Å². The second-order valence-corrected chi connectivity index (χ2v) is 4.98. The summed E-state index contributed by atoms with van der Waals surface area (Å²) in [6.45, 7) is 2.02. The van der Waals surface area contributed by atoms with Crippen LogP contribution >= 0.6 is 0 Å². The molecule has 2 unspecified atom stereocenters. The molecule has 0 bridgehead atoms. The zero-order valence-electron chi connectivity index (χ0n) is 8.46. The van der Waals surface area contributed by atoms with E-state index in [-0.39, 0.29) is 0 Å². The molecule has 14 heavy (non-hydrogen) atoms. The normalized spacial score (nSPS) is 44.9.